The molecule has 2 aromatic rings. The van der Waals surface area contributed by atoms with Crippen molar-refractivity contribution in [1.82, 2.24) is 0 Å². The molecule has 0 fully saturated rings. The summed E-state index contributed by atoms with van der Waals surface area (Å²) in [6.45, 7) is 1.86. The highest BCUT2D eigenvalue weighted by Gasteiger charge is 2.37. The first-order valence-corrected chi connectivity index (χ1v) is 9.11. The second kappa shape index (κ2) is 7.04. The Hall–Kier alpha value is -2.86. The summed E-state index contributed by atoms with van der Waals surface area (Å²) in [5, 5.41) is 7.59. The molecule has 1 N–H and O–H groups in total. The Kier molecular flexibility index (Phi) is 4.58. The van der Waals surface area contributed by atoms with Gasteiger partial charge < -0.3 is 15.1 Å². The molecular weight excluding hydrogens is 366 g/mol. The highest BCUT2D eigenvalue weighted by Crippen LogP contribution is 2.33. The van der Waals surface area contributed by atoms with Crippen molar-refractivity contribution < 1.29 is 14.4 Å². The molecule has 6 nitrogen and oxygen atoms in total. The van der Waals surface area contributed by atoms with Crippen molar-refractivity contribution in [2.75, 3.05) is 10.2 Å². The van der Waals surface area contributed by atoms with Crippen molar-refractivity contribution in [3.05, 3.63) is 59.1 Å². The van der Waals surface area contributed by atoms with Gasteiger partial charge in [-0.3, -0.25) is 9.59 Å². The molecule has 2 atom stereocenters. The Labute approximate surface area is 161 Å². The van der Waals surface area contributed by atoms with Gasteiger partial charge in [-0.2, -0.15) is 0 Å². The zero-order valence-corrected chi connectivity index (χ0v) is 15.4. The Balaban J connectivity index is 1.58. The van der Waals surface area contributed by atoms with E-state index in [9.17, 15) is 9.59 Å². The van der Waals surface area contributed by atoms with E-state index >= 15 is 0 Å². The SMILES string of the molecule is C[C@@H]1CC(=O)Nc2ccccc2N1C(=O)[C@@H]1CC(c2ccc(Cl)cc2)=NO1. The van der Waals surface area contributed by atoms with Crippen LogP contribution in [0.5, 0.6) is 0 Å². The average Bonchev–Trinajstić information content (AvgIpc) is 3.09. The number of carbonyl (C=O) groups is 2. The van der Waals surface area contributed by atoms with Crippen LogP contribution < -0.4 is 10.2 Å². The lowest BCUT2D eigenvalue weighted by atomic mass is 10.0. The van der Waals surface area contributed by atoms with Gasteiger partial charge in [0.25, 0.3) is 5.91 Å². The van der Waals surface area contributed by atoms with Crippen LogP contribution in [-0.2, 0) is 14.4 Å². The van der Waals surface area contributed by atoms with E-state index in [0.717, 1.165) is 5.56 Å². The first-order valence-electron chi connectivity index (χ1n) is 8.73. The molecule has 2 aromatic carbocycles. The topological polar surface area (TPSA) is 71.0 Å². The van der Waals surface area contributed by atoms with E-state index in [1.165, 1.54) is 0 Å². The smallest absolute Gasteiger partial charge is 0.271 e. The molecule has 27 heavy (non-hydrogen) atoms. The van der Waals surface area contributed by atoms with Crippen molar-refractivity contribution in [2.45, 2.75) is 31.9 Å². The van der Waals surface area contributed by atoms with Crippen LogP contribution in [0.15, 0.2) is 53.7 Å². The molecule has 0 radical (unpaired) electrons. The Morgan fingerprint density at radius 3 is 2.70 bits per heavy atom. The normalized spacial score (nSPS) is 21.6. The van der Waals surface area contributed by atoms with Crippen molar-refractivity contribution in [2.24, 2.45) is 5.16 Å². The second-order valence-electron chi connectivity index (χ2n) is 6.67. The molecule has 2 heterocycles. The number of hydrogen-bond acceptors (Lipinski definition) is 4. The number of halogens is 1. The molecule has 4 rings (SSSR count). The van der Waals surface area contributed by atoms with E-state index in [1.807, 2.05) is 37.3 Å². The lowest BCUT2D eigenvalue weighted by molar-refractivity contribution is -0.129. The van der Waals surface area contributed by atoms with Crippen LogP contribution in [0.1, 0.15) is 25.3 Å². The van der Waals surface area contributed by atoms with Gasteiger partial charge in [0, 0.05) is 23.9 Å². The summed E-state index contributed by atoms with van der Waals surface area (Å²) in [5.74, 6) is -0.324. The number of nitrogens with zero attached hydrogens (tertiary/aromatic N) is 2. The maximum absolute atomic E-state index is 13.2. The third kappa shape index (κ3) is 3.40. The fourth-order valence-corrected chi connectivity index (χ4v) is 3.53. The van der Waals surface area contributed by atoms with E-state index in [1.54, 1.807) is 23.1 Å². The minimum absolute atomic E-state index is 0.115. The van der Waals surface area contributed by atoms with Crippen LogP contribution in [0, 0.1) is 0 Å². The summed E-state index contributed by atoms with van der Waals surface area (Å²) in [4.78, 5) is 32.4. The molecule has 2 aliphatic rings. The molecule has 138 valence electrons. The van der Waals surface area contributed by atoms with Gasteiger partial charge in [-0.05, 0) is 36.8 Å². The van der Waals surface area contributed by atoms with Crippen LogP contribution in [0.25, 0.3) is 0 Å². The zero-order valence-electron chi connectivity index (χ0n) is 14.7. The molecule has 0 aromatic heterocycles. The first kappa shape index (κ1) is 17.5. The fraction of sp³-hybridized carbons (Fsp3) is 0.250. The second-order valence-corrected chi connectivity index (χ2v) is 7.11. The molecular formula is C20H18ClN3O3. The number of para-hydroxylation sites is 2. The molecule has 2 aliphatic heterocycles. The number of rotatable bonds is 2. The number of anilines is 2. The summed E-state index contributed by atoms with van der Waals surface area (Å²) in [6.07, 6.45) is -0.134. The van der Waals surface area contributed by atoms with Gasteiger partial charge in [0.2, 0.25) is 12.0 Å². The largest absolute Gasteiger partial charge is 0.382 e. The molecule has 0 bridgehead atoms. The average molecular weight is 384 g/mol. The van der Waals surface area contributed by atoms with Gasteiger partial charge in [-0.15, -0.1) is 0 Å². The monoisotopic (exact) mass is 383 g/mol. The Morgan fingerprint density at radius 2 is 1.93 bits per heavy atom. The minimum Gasteiger partial charge on any atom is -0.382 e. The zero-order chi connectivity index (χ0) is 19.0. The van der Waals surface area contributed by atoms with Gasteiger partial charge in [0.1, 0.15) is 0 Å². The Morgan fingerprint density at radius 1 is 1.19 bits per heavy atom. The van der Waals surface area contributed by atoms with Crippen LogP contribution in [-0.4, -0.2) is 29.7 Å². The lowest BCUT2D eigenvalue weighted by Crippen LogP contribution is -2.45. The molecule has 0 spiro atoms. The van der Waals surface area contributed by atoms with E-state index < -0.39 is 6.10 Å². The summed E-state index contributed by atoms with van der Waals surface area (Å²) in [7, 11) is 0. The van der Waals surface area contributed by atoms with E-state index in [-0.39, 0.29) is 24.3 Å². The number of oxime groups is 1. The number of hydrogen-bond donors (Lipinski definition) is 1. The summed E-state index contributed by atoms with van der Waals surface area (Å²) in [6, 6.07) is 14.2. The quantitative estimate of drug-likeness (QED) is 0.861. The number of nitrogens with one attached hydrogen (secondary N) is 1. The molecule has 0 unspecified atom stereocenters. The third-order valence-corrected chi connectivity index (χ3v) is 4.97. The standard InChI is InChI=1S/C20H18ClN3O3/c1-12-10-19(25)22-15-4-2-3-5-17(15)24(12)20(26)18-11-16(23-27-18)13-6-8-14(21)9-7-13/h2-9,12,18H,10-11H2,1H3,(H,22,25)/t12-,18+/m1/s1. The predicted octanol–water partition coefficient (Wildman–Crippen LogP) is 3.60. The highest BCUT2D eigenvalue weighted by atomic mass is 35.5. The maximum atomic E-state index is 13.2. The highest BCUT2D eigenvalue weighted by molar-refractivity contribution is 6.30. The van der Waals surface area contributed by atoms with Crippen molar-refractivity contribution in [3.63, 3.8) is 0 Å². The van der Waals surface area contributed by atoms with Crippen LogP contribution >= 0.6 is 11.6 Å². The first-order chi connectivity index (χ1) is 13.0. The third-order valence-electron chi connectivity index (χ3n) is 4.72. The van der Waals surface area contributed by atoms with Gasteiger partial charge in [0.15, 0.2) is 0 Å². The van der Waals surface area contributed by atoms with Crippen LogP contribution in [0.2, 0.25) is 5.02 Å². The molecule has 0 aliphatic carbocycles. The minimum atomic E-state index is -0.723. The predicted molar refractivity (Wildman–Crippen MR) is 104 cm³/mol. The molecule has 0 saturated carbocycles. The number of amides is 2. The van der Waals surface area contributed by atoms with E-state index in [0.29, 0.717) is 28.5 Å². The van der Waals surface area contributed by atoms with Crippen molar-refractivity contribution in [1.29, 1.82) is 0 Å². The van der Waals surface area contributed by atoms with Crippen molar-refractivity contribution >= 4 is 40.5 Å². The van der Waals surface area contributed by atoms with Gasteiger partial charge >= 0.3 is 0 Å². The summed E-state index contributed by atoms with van der Waals surface area (Å²) >= 11 is 5.92. The lowest BCUT2D eigenvalue weighted by Gasteiger charge is -2.29. The number of carbonyl (C=O) groups excluding carboxylic acids is 2. The van der Waals surface area contributed by atoms with E-state index in [4.69, 9.17) is 16.4 Å². The number of benzene rings is 2. The van der Waals surface area contributed by atoms with Crippen molar-refractivity contribution in [3.8, 4) is 0 Å². The Bertz CT molecular complexity index is 926. The van der Waals surface area contributed by atoms with E-state index in [2.05, 4.69) is 10.5 Å². The van der Waals surface area contributed by atoms with Crippen LogP contribution in [0.3, 0.4) is 0 Å². The van der Waals surface area contributed by atoms with Crippen LogP contribution in [0.4, 0.5) is 11.4 Å². The van der Waals surface area contributed by atoms with Gasteiger partial charge in [-0.1, -0.05) is 41.0 Å². The summed E-state index contributed by atoms with van der Waals surface area (Å²) in [5.41, 5.74) is 2.87. The fourth-order valence-electron chi connectivity index (χ4n) is 3.40. The summed E-state index contributed by atoms with van der Waals surface area (Å²) < 4.78 is 0. The number of fused-ring (bicyclic) bond motifs is 1. The van der Waals surface area contributed by atoms with Gasteiger partial charge in [0.05, 0.1) is 17.1 Å². The maximum Gasteiger partial charge on any atom is 0.271 e. The molecule has 7 heteroatoms. The van der Waals surface area contributed by atoms with Gasteiger partial charge in [-0.25, -0.2) is 0 Å². The molecule has 0 saturated heterocycles. The molecule has 2 amide bonds.